The van der Waals surface area contributed by atoms with Crippen molar-refractivity contribution in [1.82, 2.24) is 5.43 Å². The Labute approximate surface area is 56.7 Å². The highest BCUT2D eigenvalue weighted by molar-refractivity contribution is 5.23. The highest BCUT2D eigenvalue weighted by Crippen LogP contribution is 1.98. The van der Waals surface area contributed by atoms with Gasteiger partial charge in [0.1, 0.15) is 0 Å². The Morgan fingerprint density at radius 3 is 2.78 bits per heavy atom. The van der Waals surface area contributed by atoms with E-state index >= 15 is 0 Å². The van der Waals surface area contributed by atoms with Gasteiger partial charge in [-0.25, -0.2) is 0 Å². The van der Waals surface area contributed by atoms with Crippen LogP contribution in [-0.2, 0) is 0 Å². The van der Waals surface area contributed by atoms with Gasteiger partial charge < -0.3 is 0 Å². The molecule has 0 bridgehead atoms. The molecule has 0 aromatic rings. The number of hydrogen-bond acceptors (Lipinski definition) is 2. The summed E-state index contributed by atoms with van der Waals surface area (Å²) in [7, 11) is 0. The Balaban J connectivity index is 3.55. The van der Waals surface area contributed by atoms with Crippen molar-refractivity contribution in [3.63, 3.8) is 0 Å². The second kappa shape index (κ2) is 5.35. The van der Waals surface area contributed by atoms with Gasteiger partial charge in [0.15, 0.2) is 0 Å². The van der Waals surface area contributed by atoms with Gasteiger partial charge in [0.05, 0.1) is 0 Å². The minimum absolute atomic E-state index is 1.05. The fourth-order valence-corrected chi connectivity index (χ4v) is 0.636. The molecule has 0 atom stereocenters. The Bertz CT molecular complexity index is 105. The SMILES string of the molecule is C=NN/C(=C\C)CCC. The van der Waals surface area contributed by atoms with Gasteiger partial charge >= 0.3 is 0 Å². The van der Waals surface area contributed by atoms with Crippen molar-refractivity contribution in [2.45, 2.75) is 26.7 Å². The predicted molar refractivity (Wildman–Crippen MR) is 41.3 cm³/mol. The van der Waals surface area contributed by atoms with Crippen LogP contribution in [0.15, 0.2) is 16.9 Å². The summed E-state index contributed by atoms with van der Waals surface area (Å²) in [6.07, 6.45) is 4.20. The number of nitrogens with one attached hydrogen (secondary N) is 1. The van der Waals surface area contributed by atoms with Gasteiger partial charge in [-0.3, -0.25) is 5.43 Å². The minimum Gasteiger partial charge on any atom is -0.284 e. The van der Waals surface area contributed by atoms with Crippen LogP contribution in [0.5, 0.6) is 0 Å². The summed E-state index contributed by atoms with van der Waals surface area (Å²) in [6, 6.07) is 0. The third-order valence-corrected chi connectivity index (χ3v) is 1.09. The Morgan fingerprint density at radius 2 is 2.44 bits per heavy atom. The molecule has 0 aromatic heterocycles. The molecule has 0 aliphatic rings. The van der Waals surface area contributed by atoms with E-state index in [4.69, 9.17) is 0 Å². The van der Waals surface area contributed by atoms with Crippen LogP contribution in [0, 0.1) is 0 Å². The lowest BCUT2D eigenvalue weighted by Gasteiger charge is -2.01. The lowest BCUT2D eigenvalue weighted by atomic mass is 10.2. The molecule has 0 amide bonds. The van der Waals surface area contributed by atoms with Crippen LogP contribution in [-0.4, -0.2) is 6.72 Å². The number of rotatable bonds is 4. The van der Waals surface area contributed by atoms with Crippen LogP contribution in [0.25, 0.3) is 0 Å². The number of hydrogen-bond donors (Lipinski definition) is 1. The first kappa shape index (κ1) is 8.21. The van der Waals surface area contributed by atoms with E-state index in [0.717, 1.165) is 18.5 Å². The summed E-state index contributed by atoms with van der Waals surface area (Å²) in [4.78, 5) is 0. The molecule has 2 heteroatoms. The molecule has 0 spiro atoms. The third-order valence-electron chi connectivity index (χ3n) is 1.09. The molecule has 0 saturated carbocycles. The topological polar surface area (TPSA) is 24.4 Å². The van der Waals surface area contributed by atoms with Crippen molar-refractivity contribution in [1.29, 1.82) is 0 Å². The van der Waals surface area contributed by atoms with Crippen LogP contribution in [0.3, 0.4) is 0 Å². The second-order valence-electron chi connectivity index (χ2n) is 1.83. The molecular weight excluding hydrogens is 112 g/mol. The molecule has 9 heavy (non-hydrogen) atoms. The van der Waals surface area contributed by atoms with E-state index in [1.807, 2.05) is 13.0 Å². The van der Waals surface area contributed by atoms with E-state index in [2.05, 4.69) is 24.2 Å². The normalized spacial score (nSPS) is 11.1. The molecule has 2 nitrogen and oxygen atoms in total. The molecule has 0 unspecified atom stereocenters. The quantitative estimate of drug-likeness (QED) is 0.451. The van der Waals surface area contributed by atoms with Crippen molar-refractivity contribution >= 4 is 6.72 Å². The van der Waals surface area contributed by atoms with Crippen molar-refractivity contribution < 1.29 is 0 Å². The first-order valence-corrected chi connectivity index (χ1v) is 3.22. The first-order chi connectivity index (χ1) is 4.35. The number of hydrazone groups is 1. The highest BCUT2D eigenvalue weighted by atomic mass is 15.3. The maximum atomic E-state index is 3.56. The van der Waals surface area contributed by atoms with Gasteiger partial charge in [0.2, 0.25) is 0 Å². The van der Waals surface area contributed by atoms with Gasteiger partial charge in [-0.1, -0.05) is 19.4 Å². The molecule has 1 N–H and O–H groups in total. The first-order valence-electron chi connectivity index (χ1n) is 3.22. The fraction of sp³-hybridized carbons (Fsp3) is 0.571. The van der Waals surface area contributed by atoms with Crippen molar-refractivity contribution in [3.8, 4) is 0 Å². The van der Waals surface area contributed by atoms with Crippen LogP contribution >= 0.6 is 0 Å². The van der Waals surface area contributed by atoms with E-state index < -0.39 is 0 Å². The van der Waals surface area contributed by atoms with Crippen LogP contribution in [0.2, 0.25) is 0 Å². The molecule has 0 aromatic carbocycles. The van der Waals surface area contributed by atoms with Gasteiger partial charge in [-0.15, -0.1) is 0 Å². The number of allylic oxidation sites excluding steroid dienone is 2. The van der Waals surface area contributed by atoms with E-state index in [1.54, 1.807) is 0 Å². The zero-order chi connectivity index (χ0) is 7.11. The lowest BCUT2D eigenvalue weighted by molar-refractivity contribution is 0.776. The predicted octanol–water partition coefficient (Wildman–Crippen LogP) is 1.90. The fourth-order valence-electron chi connectivity index (χ4n) is 0.636. The Hall–Kier alpha value is -0.790. The van der Waals surface area contributed by atoms with Gasteiger partial charge in [0, 0.05) is 12.4 Å². The molecule has 0 heterocycles. The van der Waals surface area contributed by atoms with Crippen LogP contribution in [0.4, 0.5) is 0 Å². The largest absolute Gasteiger partial charge is 0.284 e. The summed E-state index contributed by atoms with van der Waals surface area (Å²) in [6.45, 7) is 7.45. The summed E-state index contributed by atoms with van der Waals surface area (Å²) in [5.74, 6) is 0. The summed E-state index contributed by atoms with van der Waals surface area (Å²) in [5, 5.41) is 3.56. The van der Waals surface area contributed by atoms with E-state index in [9.17, 15) is 0 Å². The highest BCUT2D eigenvalue weighted by Gasteiger charge is 1.87. The maximum absolute atomic E-state index is 3.56. The smallest absolute Gasteiger partial charge is 0.0293 e. The molecule has 0 saturated heterocycles. The van der Waals surface area contributed by atoms with Gasteiger partial charge in [0.25, 0.3) is 0 Å². The van der Waals surface area contributed by atoms with E-state index in [1.165, 1.54) is 0 Å². The van der Waals surface area contributed by atoms with E-state index in [-0.39, 0.29) is 0 Å². The molecular formula is C7H14N2. The molecule has 0 radical (unpaired) electrons. The zero-order valence-corrected chi connectivity index (χ0v) is 6.15. The van der Waals surface area contributed by atoms with Gasteiger partial charge in [-0.05, 0) is 13.3 Å². The molecule has 0 fully saturated rings. The molecule has 0 rings (SSSR count). The Morgan fingerprint density at radius 1 is 1.78 bits per heavy atom. The monoisotopic (exact) mass is 126 g/mol. The summed E-state index contributed by atoms with van der Waals surface area (Å²) >= 11 is 0. The second-order valence-corrected chi connectivity index (χ2v) is 1.83. The van der Waals surface area contributed by atoms with E-state index in [0.29, 0.717) is 0 Å². The molecule has 0 aliphatic heterocycles. The average Bonchev–Trinajstić information content (AvgIpc) is 1.88. The standard InChI is InChI=1S/C7H14N2/c1-4-6-7(5-2)9-8-3/h5,9H,3-4,6H2,1-2H3/b7-5-. The zero-order valence-electron chi connectivity index (χ0n) is 6.15. The van der Waals surface area contributed by atoms with Crippen LogP contribution in [0.1, 0.15) is 26.7 Å². The van der Waals surface area contributed by atoms with Crippen molar-refractivity contribution in [3.05, 3.63) is 11.8 Å². The van der Waals surface area contributed by atoms with Crippen LogP contribution < -0.4 is 5.43 Å². The molecule has 0 aliphatic carbocycles. The van der Waals surface area contributed by atoms with Gasteiger partial charge in [-0.2, -0.15) is 5.10 Å². The molecule has 52 valence electrons. The maximum Gasteiger partial charge on any atom is 0.0293 e. The lowest BCUT2D eigenvalue weighted by Crippen LogP contribution is -2.02. The van der Waals surface area contributed by atoms with Crippen molar-refractivity contribution in [2.75, 3.05) is 0 Å². The third kappa shape index (κ3) is 3.76. The minimum atomic E-state index is 1.05. The Kier molecular flexibility index (Phi) is 4.88. The summed E-state index contributed by atoms with van der Waals surface area (Å²) in [5.41, 5.74) is 3.95. The number of nitrogens with zero attached hydrogens (tertiary/aromatic N) is 1. The summed E-state index contributed by atoms with van der Waals surface area (Å²) < 4.78 is 0. The average molecular weight is 126 g/mol. The van der Waals surface area contributed by atoms with Crippen molar-refractivity contribution in [2.24, 2.45) is 5.10 Å².